The summed E-state index contributed by atoms with van der Waals surface area (Å²) < 4.78 is 26.5. The average molecular weight is 390 g/mol. The second-order valence-corrected chi connectivity index (χ2v) is 8.16. The third-order valence-corrected chi connectivity index (χ3v) is 6.19. The van der Waals surface area contributed by atoms with Crippen molar-refractivity contribution < 1.29 is 13.2 Å². The Kier molecular flexibility index (Phi) is 6.30. The van der Waals surface area contributed by atoms with E-state index in [0.717, 1.165) is 0 Å². The zero-order chi connectivity index (χ0) is 19.1. The number of anilines is 1. The molecule has 2 aromatic rings. The molecular formula is C17H22N6O3S. The number of sulfonamides is 1. The van der Waals surface area contributed by atoms with E-state index in [0.29, 0.717) is 44.2 Å². The minimum atomic E-state index is -3.35. The van der Waals surface area contributed by atoms with Gasteiger partial charge in [0.05, 0.1) is 5.75 Å². The predicted octanol–water partition coefficient (Wildman–Crippen LogP) is 0.144. The van der Waals surface area contributed by atoms with Crippen LogP contribution >= 0.6 is 0 Å². The zero-order valence-electron chi connectivity index (χ0n) is 14.9. The number of hydrogen-bond acceptors (Lipinski definition) is 7. The lowest BCUT2D eigenvalue weighted by Gasteiger charge is -2.33. The Hall–Kier alpha value is -2.59. The van der Waals surface area contributed by atoms with Crippen LogP contribution in [0.3, 0.4) is 0 Å². The van der Waals surface area contributed by atoms with Crippen LogP contribution in [0.2, 0.25) is 0 Å². The molecule has 0 bridgehead atoms. The lowest BCUT2D eigenvalue weighted by atomic mass is 10.3. The topological polar surface area (TPSA) is 108 Å². The molecule has 0 aromatic carbocycles. The van der Waals surface area contributed by atoms with Crippen LogP contribution in [-0.4, -0.2) is 72.1 Å². The van der Waals surface area contributed by atoms with Crippen molar-refractivity contribution in [2.75, 3.05) is 43.4 Å². The van der Waals surface area contributed by atoms with Gasteiger partial charge in [-0.2, -0.15) is 4.31 Å². The van der Waals surface area contributed by atoms with E-state index in [2.05, 4.69) is 20.3 Å². The number of amides is 1. The van der Waals surface area contributed by atoms with Gasteiger partial charge in [-0.15, -0.1) is 0 Å². The van der Waals surface area contributed by atoms with Gasteiger partial charge in [-0.3, -0.25) is 9.78 Å². The third kappa shape index (κ3) is 5.20. The number of rotatable bonds is 7. The number of pyridine rings is 1. The molecule has 1 aliphatic rings. The van der Waals surface area contributed by atoms with Gasteiger partial charge in [0.1, 0.15) is 5.69 Å². The molecule has 0 atom stereocenters. The lowest BCUT2D eigenvalue weighted by molar-refractivity contribution is 0.0948. The highest BCUT2D eigenvalue weighted by Gasteiger charge is 2.27. The molecule has 27 heavy (non-hydrogen) atoms. The molecule has 0 unspecified atom stereocenters. The Morgan fingerprint density at radius 2 is 1.70 bits per heavy atom. The van der Waals surface area contributed by atoms with Gasteiger partial charge in [0.25, 0.3) is 5.91 Å². The summed E-state index contributed by atoms with van der Waals surface area (Å²) in [5.74, 6) is 0.313. The maximum atomic E-state index is 12.5. The number of carbonyl (C=O) groups is 1. The second kappa shape index (κ2) is 8.87. The number of aromatic nitrogens is 3. The molecule has 1 saturated heterocycles. The largest absolute Gasteiger partial charge is 0.351 e. The number of nitrogens with one attached hydrogen (secondary N) is 1. The van der Waals surface area contributed by atoms with Crippen LogP contribution < -0.4 is 10.2 Å². The first-order valence-electron chi connectivity index (χ1n) is 8.75. The van der Waals surface area contributed by atoms with Crippen LogP contribution in [0.5, 0.6) is 0 Å². The highest BCUT2D eigenvalue weighted by molar-refractivity contribution is 7.89. The molecule has 0 saturated carbocycles. The normalized spacial score (nSPS) is 15.5. The molecule has 3 rings (SSSR count). The van der Waals surface area contributed by atoms with Crippen molar-refractivity contribution in [3.8, 4) is 0 Å². The Morgan fingerprint density at radius 1 is 1.00 bits per heavy atom. The molecule has 0 aliphatic carbocycles. The second-order valence-electron chi connectivity index (χ2n) is 6.08. The summed E-state index contributed by atoms with van der Waals surface area (Å²) >= 11 is 0. The fraction of sp³-hybridized carbons (Fsp3) is 0.412. The molecule has 2 aromatic heterocycles. The van der Waals surface area contributed by atoms with Crippen LogP contribution in [0.4, 0.5) is 5.95 Å². The molecule has 1 N–H and O–H groups in total. The molecule has 1 amide bonds. The first kappa shape index (κ1) is 19.2. The Labute approximate surface area is 158 Å². The van der Waals surface area contributed by atoms with E-state index >= 15 is 0 Å². The van der Waals surface area contributed by atoms with Gasteiger partial charge < -0.3 is 10.2 Å². The van der Waals surface area contributed by atoms with Crippen molar-refractivity contribution in [1.29, 1.82) is 0 Å². The molecule has 0 radical (unpaired) electrons. The Bertz CT molecular complexity index is 839. The van der Waals surface area contributed by atoms with Gasteiger partial charge in [0.2, 0.25) is 16.0 Å². The van der Waals surface area contributed by atoms with Crippen molar-refractivity contribution in [2.24, 2.45) is 0 Å². The average Bonchev–Trinajstić information content (AvgIpc) is 2.72. The van der Waals surface area contributed by atoms with Crippen molar-refractivity contribution in [3.05, 3.63) is 48.5 Å². The summed E-state index contributed by atoms with van der Waals surface area (Å²) in [6.07, 6.45) is 5.23. The van der Waals surface area contributed by atoms with E-state index in [4.69, 9.17) is 0 Å². The van der Waals surface area contributed by atoms with Crippen LogP contribution in [0.25, 0.3) is 0 Å². The van der Waals surface area contributed by atoms with Gasteiger partial charge in [0.15, 0.2) is 0 Å². The van der Waals surface area contributed by atoms with Crippen molar-refractivity contribution in [2.45, 2.75) is 6.42 Å². The van der Waals surface area contributed by atoms with Crippen molar-refractivity contribution >= 4 is 21.9 Å². The summed E-state index contributed by atoms with van der Waals surface area (Å²) in [4.78, 5) is 26.2. The number of nitrogens with zero attached hydrogens (tertiary/aromatic N) is 5. The Balaban J connectivity index is 1.42. The number of carbonyl (C=O) groups excluding carboxylic acids is 1. The highest BCUT2D eigenvalue weighted by atomic mass is 32.2. The fourth-order valence-electron chi connectivity index (χ4n) is 2.79. The number of hydrogen-bond donors (Lipinski definition) is 1. The quantitative estimate of drug-likeness (QED) is 0.670. The molecule has 1 aliphatic heterocycles. The van der Waals surface area contributed by atoms with Crippen molar-refractivity contribution in [1.82, 2.24) is 24.6 Å². The first-order chi connectivity index (χ1) is 13.1. The first-order valence-corrected chi connectivity index (χ1v) is 10.4. The summed E-state index contributed by atoms with van der Waals surface area (Å²) in [6, 6.07) is 6.82. The van der Waals surface area contributed by atoms with E-state index in [-0.39, 0.29) is 18.2 Å². The van der Waals surface area contributed by atoms with Gasteiger partial charge in [-0.05, 0) is 24.6 Å². The molecule has 144 valence electrons. The van der Waals surface area contributed by atoms with Crippen LogP contribution in [0.15, 0.2) is 42.9 Å². The summed E-state index contributed by atoms with van der Waals surface area (Å²) in [5.41, 5.74) is 0.319. The molecule has 0 spiro atoms. The molecule has 1 fully saturated rings. The van der Waals surface area contributed by atoms with E-state index < -0.39 is 10.0 Å². The maximum absolute atomic E-state index is 12.5. The standard InChI is InChI=1S/C17H22N6O3S/c24-16(15-5-1-2-6-18-15)19-9-4-14-27(25,26)23-12-10-22(11-13-23)17-20-7-3-8-21-17/h1-3,5-8H,4,9-14H2,(H,19,24). The van der Waals surface area contributed by atoms with Crippen LogP contribution in [-0.2, 0) is 10.0 Å². The molecular weight excluding hydrogens is 368 g/mol. The predicted molar refractivity (Wildman–Crippen MR) is 101 cm³/mol. The third-order valence-electron chi connectivity index (χ3n) is 4.23. The minimum Gasteiger partial charge on any atom is -0.351 e. The number of piperazine rings is 1. The zero-order valence-corrected chi connectivity index (χ0v) is 15.7. The molecule has 10 heteroatoms. The van der Waals surface area contributed by atoms with Gasteiger partial charge >= 0.3 is 0 Å². The monoisotopic (exact) mass is 390 g/mol. The van der Waals surface area contributed by atoms with Gasteiger partial charge in [-0.25, -0.2) is 18.4 Å². The van der Waals surface area contributed by atoms with E-state index in [1.165, 1.54) is 4.31 Å². The molecule has 3 heterocycles. The maximum Gasteiger partial charge on any atom is 0.269 e. The van der Waals surface area contributed by atoms with E-state index in [9.17, 15) is 13.2 Å². The minimum absolute atomic E-state index is 0.00264. The summed E-state index contributed by atoms with van der Waals surface area (Å²) in [6.45, 7) is 2.20. The van der Waals surface area contributed by atoms with Gasteiger partial charge in [-0.1, -0.05) is 6.07 Å². The van der Waals surface area contributed by atoms with Gasteiger partial charge in [0, 0.05) is 51.3 Å². The van der Waals surface area contributed by atoms with E-state index in [1.54, 1.807) is 42.9 Å². The molecule has 9 nitrogen and oxygen atoms in total. The summed E-state index contributed by atoms with van der Waals surface area (Å²) in [7, 11) is -3.35. The smallest absolute Gasteiger partial charge is 0.269 e. The summed E-state index contributed by atoms with van der Waals surface area (Å²) in [5, 5.41) is 2.69. The van der Waals surface area contributed by atoms with E-state index in [1.807, 2.05) is 4.90 Å². The van der Waals surface area contributed by atoms with Crippen LogP contribution in [0, 0.1) is 0 Å². The fourth-order valence-corrected chi connectivity index (χ4v) is 4.28. The van der Waals surface area contributed by atoms with Crippen LogP contribution in [0.1, 0.15) is 16.9 Å². The highest BCUT2D eigenvalue weighted by Crippen LogP contribution is 2.13. The lowest BCUT2D eigenvalue weighted by Crippen LogP contribution is -2.49. The Morgan fingerprint density at radius 3 is 2.37 bits per heavy atom. The SMILES string of the molecule is O=C(NCCCS(=O)(=O)N1CCN(c2ncccn2)CC1)c1ccccn1. The van der Waals surface area contributed by atoms with Crippen molar-refractivity contribution in [3.63, 3.8) is 0 Å².